The fourth-order valence-corrected chi connectivity index (χ4v) is 9.93. The van der Waals surface area contributed by atoms with Crippen molar-refractivity contribution in [1.29, 1.82) is 0 Å². The Kier molecular flexibility index (Phi) is 7.28. The minimum absolute atomic E-state index is 0.0624. The second-order valence-electron chi connectivity index (χ2n) is 14.1. The molecule has 1 aliphatic rings. The molecule has 9 aromatic rings. The predicted molar refractivity (Wildman–Crippen MR) is 219 cm³/mol. The molecular formula is C48H38N2S. The molecule has 2 aromatic heterocycles. The number of hydrogen-bond acceptors (Lipinski definition) is 2. The van der Waals surface area contributed by atoms with E-state index in [1.807, 2.05) is 11.3 Å². The molecule has 7 aromatic carbocycles. The summed E-state index contributed by atoms with van der Waals surface area (Å²) in [4.78, 5) is 2.46. The highest BCUT2D eigenvalue weighted by atomic mass is 32.1. The van der Waals surface area contributed by atoms with Crippen LogP contribution in [0.2, 0.25) is 0 Å². The van der Waals surface area contributed by atoms with E-state index in [0.717, 1.165) is 11.4 Å². The normalized spacial score (nSPS) is 14.4. The van der Waals surface area contributed by atoms with Gasteiger partial charge in [-0.25, -0.2) is 0 Å². The van der Waals surface area contributed by atoms with Gasteiger partial charge in [0, 0.05) is 59.1 Å². The van der Waals surface area contributed by atoms with Gasteiger partial charge < -0.3 is 9.47 Å². The zero-order valence-corrected chi connectivity index (χ0v) is 29.3. The summed E-state index contributed by atoms with van der Waals surface area (Å²) in [6.07, 6.45) is 6.26. The molecule has 0 radical (unpaired) electrons. The number of thiophene rings is 1. The fourth-order valence-electron chi connectivity index (χ4n) is 8.84. The van der Waals surface area contributed by atoms with Crippen LogP contribution >= 0.6 is 11.3 Å². The highest BCUT2D eigenvalue weighted by Crippen LogP contribution is 2.47. The zero-order valence-electron chi connectivity index (χ0n) is 28.5. The average Bonchev–Trinajstić information content (AvgIpc) is 3.74. The van der Waals surface area contributed by atoms with E-state index in [2.05, 4.69) is 179 Å². The molecular weight excluding hydrogens is 637 g/mol. The smallest absolute Gasteiger partial charge is 0.0561 e. The lowest BCUT2D eigenvalue weighted by Gasteiger charge is -2.39. The van der Waals surface area contributed by atoms with E-state index in [0.29, 0.717) is 0 Å². The average molecular weight is 675 g/mol. The van der Waals surface area contributed by atoms with Gasteiger partial charge in [-0.05, 0) is 90.7 Å². The van der Waals surface area contributed by atoms with Crippen LogP contribution in [0.4, 0.5) is 17.1 Å². The Balaban J connectivity index is 1.18. The van der Waals surface area contributed by atoms with Gasteiger partial charge in [0.1, 0.15) is 0 Å². The number of nitrogens with zero attached hydrogens (tertiary/aromatic N) is 2. The van der Waals surface area contributed by atoms with Crippen LogP contribution in [0.15, 0.2) is 170 Å². The maximum Gasteiger partial charge on any atom is 0.0561 e. The summed E-state index contributed by atoms with van der Waals surface area (Å²) in [6.45, 7) is 0. The van der Waals surface area contributed by atoms with Crippen molar-refractivity contribution < 1.29 is 0 Å². The van der Waals surface area contributed by atoms with E-state index in [1.165, 1.54) is 96.6 Å². The third-order valence-corrected chi connectivity index (χ3v) is 12.4. The topological polar surface area (TPSA) is 8.17 Å². The molecule has 0 spiro atoms. The highest BCUT2D eigenvalue weighted by molar-refractivity contribution is 7.25. The molecule has 3 heteroatoms. The maximum absolute atomic E-state index is 2.46. The maximum atomic E-state index is 2.46. The van der Waals surface area contributed by atoms with Crippen LogP contribution in [0.1, 0.15) is 43.2 Å². The predicted octanol–water partition coefficient (Wildman–Crippen LogP) is 13.9. The zero-order chi connectivity index (χ0) is 33.8. The third kappa shape index (κ3) is 4.99. The van der Waals surface area contributed by atoms with Crippen molar-refractivity contribution in [2.24, 2.45) is 0 Å². The molecule has 0 unspecified atom stereocenters. The standard InChI is InChI=1S/C48H38N2S/c1-4-14-34(15-5-1)48(30-12-3-13-31-48)35-22-24-37(25-23-35)49(38-27-29-47-43(32-38)42-19-9-11-21-46(42)51-47)39-26-28-41-40-18-8-10-20-44(40)50(45(41)33-39)36-16-6-2-7-17-36/h1-2,4-11,14-29,32-33H,3,12-13,30-31H2. The van der Waals surface area contributed by atoms with E-state index < -0.39 is 0 Å². The summed E-state index contributed by atoms with van der Waals surface area (Å²) >= 11 is 1.87. The van der Waals surface area contributed by atoms with Crippen molar-refractivity contribution in [3.8, 4) is 5.69 Å². The number of para-hydroxylation sites is 2. The van der Waals surface area contributed by atoms with Crippen molar-refractivity contribution in [2.75, 3.05) is 4.90 Å². The number of benzene rings is 7. The van der Waals surface area contributed by atoms with E-state index >= 15 is 0 Å². The Labute approximate surface area is 302 Å². The summed E-state index contributed by atoms with van der Waals surface area (Å²) in [7, 11) is 0. The van der Waals surface area contributed by atoms with Crippen LogP contribution in [0.5, 0.6) is 0 Å². The van der Waals surface area contributed by atoms with Gasteiger partial charge in [-0.1, -0.05) is 122 Å². The van der Waals surface area contributed by atoms with Crippen LogP contribution < -0.4 is 4.90 Å². The van der Waals surface area contributed by atoms with Gasteiger partial charge in [-0.3, -0.25) is 0 Å². The minimum atomic E-state index is 0.0624. The first kappa shape index (κ1) is 30.2. The van der Waals surface area contributed by atoms with Crippen molar-refractivity contribution >= 4 is 70.4 Å². The summed E-state index contributed by atoms with van der Waals surface area (Å²) in [5.41, 5.74) is 10.00. The van der Waals surface area contributed by atoms with Gasteiger partial charge in [-0.2, -0.15) is 0 Å². The summed E-state index contributed by atoms with van der Waals surface area (Å²) in [6, 6.07) is 63.1. The first-order valence-corrected chi connectivity index (χ1v) is 19.0. The molecule has 1 saturated carbocycles. The number of fused-ring (bicyclic) bond motifs is 6. The molecule has 0 aliphatic heterocycles. The second kappa shape index (κ2) is 12.3. The van der Waals surface area contributed by atoms with E-state index in [9.17, 15) is 0 Å². The van der Waals surface area contributed by atoms with Gasteiger partial charge >= 0.3 is 0 Å². The van der Waals surface area contributed by atoms with Crippen molar-refractivity contribution in [3.05, 3.63) is 181 Å². The molecule has 246 valence electrons. The molecule has 0 amide bonds. The SMILES string of the molecule is c1ccc(-n2c3ccccc3c3ccc(N(c4ccc(C5(c6ccccc6)CCCCC5)cc4)c4ccc5sc6ccccc6c5c4)cc32)cc1. The third-order valence-electron chi connectivity index (χ3n) is 11.3. The molecule has 0 bridgehead atoms. The molecule has 1 fully saturated rings. The van der Waals surface area contributed by atoms with Gasteiger partial charge in [0.2, 0.25) is 0 Å². The molecule has 0 saturated heterocycles. The highest BCUT2D eigenvalue weighted by Gasteiger charge is 2.35. The molecule has 0 atom stereocenters. The van der Waals surface area contributed by atoms with E-state index in [1.54, 1.807) is 0 Å². The summed E-state index contributed by atoms with van der Waals surface area (Å²) < 4.78 is 5.06. The summed E-state index contributed by atoms with van der Waals surface area (Å²) in [5.74, 6) is 0. The quantitative estimate of drug-likeness (QED) is 0.170. The van der Waals surface area contributed by atoms with Crippen molar-refractivity contribution in [2.45, 2.75) is 37.5 Å². The van der Waals surface area contributed by atoms with Crippen LogP contribution in [0.25, 0.3) is 47.7 Å². The lowest BCUT2D eigenvalue weighted by molar-refractivity contribution is 0.346. The van der Waals surface area contributed by atoms with Crippen molar-refractivity contribution in [3.63, 3.8) is 0 Å². The lowest BCUT2D eigenvalue weighted by atomic mass is 9.65. The molecule has 0 N–H and O–H groups in total. The van der Waals surface area contributed by atoms with E-state index in [4.69, 9.17) is 0 Å². The van der Waals surface area contributed by atoms with Gasteiger partial charge in [0.05, 0.1) is 11.0 Å². The Morgan fingerprint density at radius 1 is 0.431 bits per heavy atom. The van der Waals surface area contributed by atoms with Gasteiger partial charge in [0.25, 0.3) is 0 Å². The van der Waals surface area contributed by atoms with Crippen molar-refractivity contribution in [1.82, 2.24) is 4.57 Å². The van der Waals surface area contributed by atoms with Crippen LogP contribution in [-0.4, -0.2) is 4.57 Å². The number of rotatable bonds is 6. The molecule has 2 nitrogen and oxygen atoms in total. The molecule has 2 heterocycles. The second-order valence-corrected chi connectivity index (χ2v) is 15.1. The number of hydrogen-bond donors (Lipinski definition) is 0. The van der Waals surface area contributed by atoms with E-state index in [-0.39, 0.29) is 5.41 Å². The number of aromatic nitrogens is 1. The Morgan fingerprint density at radius 2 is 1.02 bits per heavy atom. The Bertz CT molecular complexity index is 2660. The van der Waals surface area contributed by atoms with Gasteiger partial charge in [-0.15, -0.1) is 11.3 Å². The van der Waals surface area contributed by atoms with Crippen LogP contribution in [0.3, 0.4) is 0 Å². The molecule has 10 rings (SSSR count). The van der Waals surface area contributed by atoms with Gasteiger partial charge in [0.15, 0.2) is 0 Å². The Morgan fingerprint density at radius 3 is 1.82 bits per heavy atom. The van der Waals surface area contributed by atoms with Crippen LogP contribution in [0, 0.1) is 0 Å². The monoisotopic (exact) mass is 674 g/mol. The number of anilines is 3. The molecule has 51 heavy (non-hydrogen) atoms. The molecule has 1 aliphatic carbocycles. The Hall–Kier alpha value is -5.64. The largest absolute Gasteiger partial charge is 0.310 e. The lowest BCUT2D eigenvalue weighted by Crippen LogP contribution is -2.30. The fraction of sp³-hybridized carbons (Fsp3) is 0.125. The first-order chi connectivity index (χ1) is 25.3. The minimum Gasteiger partial charge on any atom is -0.310 e. The van der Waals surface area contributed by atoms with Crippen LogP contribution in [-0.2, 0) is 5.41 Å². The summed E-state index contributed by atoms with van der Waals surface area (Å²) in [5, 5.41) is 5.15. The first-order valence-electron chi connectivity index (χ1n) is 18.2.